The molecule has 3 heterocycles. The highest BCUT2D eigenvalue weighted by Gasteiger charge is 2.50. The van der Waals surface area contributed by atoms with Crippen molar-refractivity contribution < 1.29 is 23.1 Å². The zero-order chi connectivity index (χ0) is 28.0. The van der Waals surface area contributed by atoms with Crippen LogP contribution in [-0.4, -0.2) is 47.9 Å². The molecule has 2 atom stereocenters. The zero-order valence-corrected chi connectivity index (χ0v) is 23.3. The third-order valence-corrected chi connectivity index (χ3v) is 7.40. The minimum absolute atomic E-state index is 0.0306. The molecule has 38 heavy (non-hydrogen) atoms. The first-order valence-electron chi connectivity index (χ1n) is 13.7. The Hall–Kier alpha value is -3.16. The van der Waals surface area contributed by atoms with E-state index >= 15 is 0 Å². The number of ether oxygens (including phenoxy) is 1. The third-order valence-electron chi connectivity index (χ3n) is 7.40. The van der Waals surface area contributed by atoms with Crippen molar-refractivity contribution in [3.05, 3.63) is 70.3 Å². The Morgan fingerprint density at radius 1 is 1.16 bits per heavy atom. The van der Waals surface area contributed by atoms with Gasteiger partial charge in [0.2, 0.25) is 0 Å². The SMILES string of the molecule is C=C1C(OC)=C2C(=O)N(CC)CC3CC(C)C(=C1C(=O)NCc1ccc(F)cc1F)N23.CCCCCCC. The number of halogens is 2. The number of allylic oxidation sites excluding steroid dienone is 2. The summed E-state index contributed by atoms with van der Waals surface area (Å²) in [7, 11) is 1.45. The number of carbonyl (C=O) groups is 2. The lowest BCUT2D eigenvalue weighted by Crippen LogP contribution is -2.53. The van der Waals surface area contributed by atoms with E-state index in [4.69, 9.17) is 4.74 Å². The summed E-state index contributed by atoms with van der Waals surface area (Å²) >= 11 is 0. The van der Waals surface area contributed by atoms with Crippen molar-refractivity contribution in [3.8, 4) is 0 Å². The average Bonchev–Trinajstić information content (AvgIpc) is 3.21. The average molecular weight is 530 g/mol. The second kappa shape index (κ2) is 13.1. The topological polar surface area (TPSA) is 61.9 Å². The van der Waals surface area contributed by atoms with Gasteiger partial charge < -0.3 is 19.9 Å². The van der Waals surface area contributed by atoms with Crippen molar-refractivity contribution in [3.63, 3.8) is 0 Å². The fourth-order valence-electron chi connectivity index (χ4n) is 5.44. The van der Waals surface area contributed by atoms with Gasteiger partial charge in [0, 0.05) is 42.5 Å². The molecule has 0 aromatic heterocycles. The summed E-state index contributed by atoms with van der Waals surface area (Å²) in [6.07, 6.45) is 7.80. The van der Waals surface area contributed by atoms with Gasteiger partial charge in [-0.3, -0.25) is 9.59 Å². The van der Waals surface area contributed by atoms with Crippen molar-refractivity contribution in [1.29, 1.82) is 0 Å². The van der Waals surface area contributed by atoms with Gasteiger partial charge >= 0.3 is 0 Å². The number of benzene rings is 1. The summed E-state index contributed by atoms with van der Waals surface area (Å²) in [5, 5.41) is 2.71. The summed E-state index contributed by atoms with van der Waals surface area (Å²) in [4.78, 5) is 30.0. The molecule has 2 amide bonds. The monoisotopic (exact) mass is 529 g/mol. The Bertz CT molecular complexity index is 1120. The summed E-state index contributed by atoms with van der Waals surface area (Å²) in [6, 6.07) is 3.28. The number of piperazine rings is 1. The summed E-state index contributed by atoms with van der Waals surface area (Å²) in [5.74, 6) is -1.67. The van der Waals surface area contributed by atoms with Crippen LogP contribution in [0.1, 0.15) is 71.8 Å². The van der Waals surface area contributed by atoms with Crippen molar-refractivity contribution in [2.45, 2.75) is 78.8 Å². The molecule has 4 rings (SSSR count). The second-order valence-electron chi connectivity index (χ2n) is 10.1. The maximum atomic E-state index is 14.0. The normalized spacial score (nSPS) is 20.4. The third kappa shape index (κ3) is 5.94. The van der Waals surface area contributed by atoms with Crippen LogP contribution in [0.15, 0.2) is 53.1 Å². The van der Waals surface area contributed by atoms with Gasteiger partial charge in [-0.1, -0.05) is 65.5 Å². The zero-order valence-electron chi connectivity index (χ0n) is 23.3. The van der Waals surface area contributed by atoms with Crippen LogP contribution in [0.3, 0.4) is 0 Å². The molecule has 2 fully saturated rings. The van der Waals surface area contributed by atoms with E-state index in [0.717, 1.165) is 24.3 Å². The van der Waals surface area contributed by atoms with E-state index in [0.29, 0.717) is 29.9 Å². The van der Waals surface area contributed by atoms with Crippen LogP contribution >= 0.6 is 0 Å². The van der Waals surface area contributed by atoms with Crippen LogP contribution in [0, 0.1) is 17.6 Å². The predicted molar refractivity (Wildman–Crippen MR) is 145 cm³/mol. The van der Waals surface area contributed by atoms with E-state index in [-0.39, 0.29) is 35.7 Å². The van der Waals surface area contributed by atoms with Crippen molar-refractivity contribution in [1.82, 2.24) is 15.1 Å². The minimum Gasteiger partial charge on any atom is -0.494 e. The Labute approximate surface area is 225 Å². The van der Waals surface area contributed by atoms with Gasteiger partial charge in [-0.25, -0.2) is 8.78 Å². The number of nitrogens with zero attached hydrogens (tertiary/aromatic N) is 2. The fourth-order valence-corrected chi connectivity index (χ4v) is 5.44. The van der Waals surface area contributed by atoms with Gasteiger partial charge in [0.05, 0.1) is 18.7 Å². The maximum Gasteiger partial charge on any atom is 0.274 e. The smallest absolute Gasteiger partial charge is 0.274 e. The van der Waals surface area contributed by atoms with Crippen LogP contribution in [0.5, 0.6) is 0 Å². The van der Waals surface area contributed by atoms with Crippen LogP contribution < -0.4 is 5.32 Å². The van der Waals surface area contributed by atoms with Crippen LogP contribution in [-0.2, 0) is 20.9 Å². The standard InChI is InChI=1S/C23H25F2N3O3.C7H16/c1-5-27-11-16-8-12(2)19-18(13(3)21(31-4)20(23(27)30)28(16)19)22(29)26-10-14-6-7-15(24)9-17(14)25;1-3-5-7-6-4-2/h6-7,9,12,16H,3,5,8,10-11H2,1-2,4H3,(H,26,29);3-7H2,1-2H3. The molecule has 3 aliphatic heterocycles. The molecule has 0 bridgehead atoms. The number of carbonyl (C=O) groups excluding carboxylic acids is 2. The number of rotatable bonds is 9. The molecule has 2 unspecified atom stereocenters. The molecule has 3 aliphatic rings. The molecule has 208 valence electrons. The van der Waals surface area contributed by atoms with Gasteiger partial charge in [0.1, 0.15) is 11.6 Å². The number of hydrogen-bond acceptors (Lipinski definition) is 4. The van der Waals surface area contributed by atoms with E-state index in [1.165, 1.54) is 45.3 Å². The van der Waals surface area contributed by atoms with Gasteiger partial charge in [0.15, 0.2) is 11.5 Å². The highest BCUT2D eigenvalue weighted by Crippen LogP contribution is 2.48. The maximum absolute atomic E-state index is 14.0. The lowest BCUT2D eigenvalue weighted by molar-refractivity contribution is -0.132. The highest BCUT2D eigenvalue weighted by atomic mass is 19.1. The molecular formula is C30H41F2N3O3. The van der Waals surface area contributed by atoms with Gasteiger partial charge in [-0.05, 0) is 25.3 Å². The fraction of sp³-hybridized carbons (Fsp3) is 0.533. The molecule has 0 radical (unpaired) electrons. The molecule has 1 aromatic rings. The molecule has 0 saturated carbocycles. The first-order chi connectivity index (χ1) is 18.2. The number of likely N-dealkylation sites (N-methyl/N-ethyl adjacent to an activating group) is 1. The van der Waals surface area contributed by atoms with Crippen LogP contribution in [0.25, 0.3) is 0 Å². The Balaban J connectivity index is 0.000000505. The summed E-state index contributed by atoms with van der Waals surface area (Å²) < 4.78 is 32.7. The number of nitrogens with one attached hydrogen (secondary N) is 1. The number of unbranched alkanes of at least 4 members (excludes halogenated alkanes) is 4. The molecule has 1 aromatic carbocycles. The molecule has 8 heteroatoms. The summed E-state index contributed by atoms with van der Waals surface area (Å²) in [5.41, 5.74) is 2.02. The molecule has 1 N–H and O–H groups in total. The molecular weight excluding hydrogens is 488 g/mol. The summed E-state index contributed by atoms with van der Waals surface area (Å²) in [6.45, 7) is 13.6. The Kier molecular flexibility index (Phi) is 10.1. The first kappa shape index (κ1) is 29.4. The van der Waals surface area contributed by atoms with Gasteiger partial charge in [0.25, 0.3) is 11.8 Å². The van der Waals surface area contributed by atoms with Crippen molar-refractivity contribution in [2.24, 2.45) is 5.92 Å². The lowest BCUT2D eigenvalue weighted by Gasteiger charge is -2.43. The van der Waals surface area contributed by atoms with Crippen LogP contribution in [0.4, 0.5) is 8.78 Å². The second-order valence-corrected chi connectivity index (χ2v) is 10.1. The number of hydrogen-bond donors (Lipinski definition) is 1. The van der Waals surface area contributed by atoms with E-state index in [2.05, 4.69) is 25.7 Å². The largest absolute Gasteiger partial charge is 0.494 e. The Morgan fingerprint density at radius 3 is 2.42 bits per heavy atom. The predicted octanol–water partition coefficient (Wildman–Crippen LogP) is 5.81. The quantitative estimate of drug-likeness (QED) is 0.410. The van der Waals surface area contributed by atoms with Crippen molar-refractivity contribution in [2.75, 3.05) is 20.2 Å². The van der Waals surface area contributed by atoms with E-state index < -0.39 is 17.5 Å². The Morgan fingerprint density at radius 2 is 1.84 bits per heavy atom. The number of methoxy groups -OCH3 is 1. The van der Waals surface area contributed by atoms with E-state index in [9.17, 15) is 18.4 Å². The van der Waals surface area contributed by atoms with Crippen LogP contribution in [0.2, 0.25) is 0 Å². The van der Waals surface area contributed by atoms with E-state index in [1.54, 1.807) is 4.90 Å². The van der Waals surface area contributed by atoms with Gasteiger partial charge in [-0.2, -0.15) is 0 Å². The number of amides is 2. The lowest BCUT2D eigenvalue weighted by atomic mass is 9.92. The minimum atomic E-state index is -0.726. The van der Waals surface area contributed by atoms with Gasteiger partial charge in [-0.15, -0.1) is 0 Å². The molecule has 0 aliphatic carbocycles. The first-order valence-corrected chi connectivity index (χ1v) is 13.7. The highest BCUT2D eigenvalue weighted by molar-refractivity contribution is 6.04. The molecule has 0 spiro atoms. The van der Waals surface area contributed by atoms with Crippen molar-refractivity contribution >= 4 is 11.8 Å². The molecule has 6 nitrogen and oxygen atoms in total. The molecule has 2 saturated heterocycles. The van der Waals surface area contributed by atoms with E-state index in [1.807, 2.05) is 18.7 Å².